The van der Waals surface area contributed by atoms with E-state index in [4.69, 9.17) is 20.9 Å². The zero-order chi connectivity index (χ0) is 25.2. The molecular formula is C21H18N2O9S2. The summed E-state index contributed by atoms with van der Waals surface area (Å²) in [5, 5.41) is 0. The summed E-state index contributed by atoms with van der Waals surface area (Å²) in [6.45, 7) is 5.38. The van der Waals surface area contributed by atoms with Crippen molar-refractivity contribution in [1.29, 1.82) is 0 Å². The molecule has 2 aromatic carbocycles. The first-order valence-corrected chi connectivity index (χ1v) is 12.4. The van der Waals surface area contributed by atoms with Gasteiger partial charge in [-0.3, -0.25) is 9.11 Å². The fraction of sp³-hybridized carbons (Fsp3) is 0.0952. The third-order valence-electron chi connectivity index (χ3n) is 5.44. The van der Waals surface area contributed by atoms with Gasteiger partial charge in [0.25, 0.3) is 20.2 Å². The van der Waals surface area contributed by atoms with Crippen LogP contribution < -0.4 is 16.2 Å². The fourth-order valence-corrected chi connectivity index (χ4v) is 5.72. The van der Waals surface area contributed by atoms with E-state index in [0.29, 0.717) is 0 Å². The van der Waals surface area contributed by atoms with E-state index in [9.17, 15) is 30.7 Å². The lowest BCUT2D eigenvalue weighted by Crippen LogP contribution is -2.35. The molecule has 0 saturated carbocycles. The summed E-state index contributed by atoms with van der Waals surface area (Å²) < 4.78 is 80.1. The summed E-state index contributed by atoms with van der Waals surface area (Å²) in [6.07, 6.45) is 4.27. The molecule has 0 aliphatic carbocycles. The van der Waals surface area contributed by atoms with Gasteiger partial charge in [0, 0.05) is 16.7 Å². The topological polar surface area (TPSA) is 196 Å². The molecule has 1 spiro atoms. The van der Waals surface area contributed by atoms with Crippen molar-refractivity contribution in [3.05, 3.63) is 71.3 Å². The average molecular weight is 507 g/mol. The fourth-order valence-electron chi connectivity index (χ4n) is 4.22. The van der Waals surface area contributed by atoms with Gasteiger partial charge in [-0.25, -0.2) is 4.79 Å². The van der Waals surface area contributed by atoms with Crippen LogP contribution in [0.25, 0.3) is 0 Å². The third-order valence-corrected chi connectivity index (χ3v) is 7.31. The van der Waals surface area contributed by atoms with Crippen molar-refractivity contribution >= 4 is 37.6 Å². The first kappa shape index (κ1) is 23.5. The quantitative estimate of drug-likeness (QED) is 0.270. The van der Waals surface area contributed by atoms with E-state index in [1.54, 1.807) is 13.0 Å². The maximum Gasteiger partial charge on any atom is 0.340 e. The van der Waals surface area contributed by atoms with Crippen molar-refractivity contribution in [1.82, 2.24) is 0 Å². The molecule has 0 aromatic heterocycles. The van der Waals surface area contributed by atoms with Crippen LogP contribution in [0.3, 0.4) is 0 Å². The Balaban J connectivity index is 2.30. The van der Waals surface area contributed by atoms with Gasteiger partial charge in [-0.2, -0.15) is 16.8 Å². The van der Waals surface area contributed by atoms with E-state index in [-0.39, 0.29) is 22.3 Å². The highest BCUT2D eigenvalue weighted by atomic mass is 32.2. The normalized spacial score (nSPS) is 16.9. The first-order chi connectivity index (χ1) is 15.8. The van der Waals surface area contributed by atoms with Gasteiger partial charge in [-0.15, -0.1) is 0 Å². The van der Waals surface area contributed by atoms with Gasteiger partial charge < -0.3 is 20.9 Å². The van der Waals surface area contributed by atoms with Gasteiger partial charge >= 0.3 is 5.97 Å². The van der Waals surface area contributed by atoms with Crippen molar-refractivity contribution in [3.63, 3.8) is 0 Å². The second-order valence-electron chi connectivity index (χ2n) is 7.38. The number of ether oxygens (including phenoxy) is 2. The minimum Gasteiger partial charge on any atom is -0.453 e. The van der Waals surface area contributed by atoms with Crippen LogP contribution >= 0.6 is 0 Å². The SMILES string of the molecule is C=CC1=C(/C=C\C)C(=O)OC12c1ccc(N)c(S(=O)(=O)O)c1Oc1c2ccc(N)c1S(=O)(=O)O. The van der Waals surface area contributed by atoms with E-state index in [2.05, 4.69) is 6.58 Å². The monoisotopic (exact) mass is 506 g/mol. The van der Waals surface area contributed by atoms with Gasteiger partial charge in [-0.1, -0.05) is 24.8 Å². The Kier molecular flexibility index (Phi) is 5.14. The standard InChI is InChI=1S/C21H18N2O9S2/c1-3-5-10-11(4-2)21(32-20(10)24)12-6-8-14(22)18(33(25,26)27)16(12)31-17-13(21)7-9-15(23)19(17)34(28,29)30/h3-9H,2,22-23H2,1H3,(H,25,26,27)(H,28,29,30)/b5-3-. The Morgan fingerprint density at radius 2 is 1.41 bits per heavy atom. The van der Waals surface area contributed by atoms with Crippen molar-refractivity contribution in [2.75, 3.05) is 11.5 Å². The number of allylic oxidation sites excluding steroid dienone is 1. The molecule has 2 aliphatic heterocycles. The molecular weight excluding hydrogens is 488 g/mol. The highest BCUT2D eigenvalue weighted by molar-refractivity contribution is 7.86. The average Bonchev–Trinajstić information content (AvgIpc) is 2.97. The number of anilines is 2. The van der Waals surface area contributed by atoms with Crippen LogP contribution in [0.1, 0.15) is 18.1 Å². The molecule has 6 N–H and O–H groups in total. The molecule has 11 nitrogen and oxygen atoms in total. The highest BCUT2D eigenvalue weighted by Crippen LogP contribution is 2.60. The van der Waals surface area contributed by atoms with Crippen molar-refractivity contribution in [2.24, 2.45) is 0 Å². The summed E-state index contributed by atoms with van der Waals surface area (Å²) in [5.41, 5.74) is 8.76. The number of nitrogens with two attached hydrogens (primary N) is 2. The molecule has 178 valence electrons. The van der Waals surface area contributed by atoms with Crippen molar-refractivity contribution < 1.29 is 40.2 Å². The Labute approximate surface area is 194 Å². The molecule has 0 atom stereocenters. The number of hydrogen-bond donors (Lipinski definition) is 4. The second kappa shape index (κ2) is 7.43. The van der Waals surface area contributed by atoms with Gasteiger partial charge in [-0.05, 0) is 31.2 Å². The molecule has 0 saturated heterocycles. The van der Waals surface area contributed by atoms with Crippen molar-refractivity contribution in [3.8, 4) is 11.5 Å². The molecule has 2 aliphatic rings. The summed E-state index contributed by atoms with van der Waals surface area (Å²) in [5.74, 6) is -2.05. The van der Waals surface area contributed by atoms with Crippen LogP contribution in [0.15, 0.2) is 70.0 Å². The minimum atomic E-state index is -5.03. The lowest BCUT2D eigenvalue weighted by atomic mass is 9.77. The predicted molar refractivity (Wildman–Crippen MR) is 120 cm³/mol. The second-order valence-corrected chi connectivity index (χ2v) is 10.1. The summed E-state index contributed by atoms with van der Waals surface area (Å²) in [4.78, 5) is 11.1. The molecule has 0 fully saturated rings. The number of fused-ring (bicyclic) bond motifs is 4. The summed E-state index contributed by atoms with van der Waals surface area (Å²) in [6, 6.07) is 4.92. The number of nitrogen functional groups attached to an aromatic ring is 2. The predicted octanol–water partition coefficient (Wildman–Crippen LogP) is 2.31. The van der Waals surface area contributed by atoms with Crippen LogP contribution in [0, 0.1) is 0 Å². The molecule has 13 heteroatoms. The van der Waals surface area contributed by atoms with Gasteiger partial charge in [0.2, 0.25) is 0 Å². The van der Waals surface area contributed by atoms with E-state index in [0.717, 1.165) is 12.1 Å². The lowest BCUT2D eigenvalue weighted by Gasteiger charge is -2.38. The maximum atomic E-state index is 12.9. The maximum absolute atomic E-state index is 12.9. The van der Waals surface area contributed by atoms with Crippen LogP contribution in [0.2, 0.25) is 0 Å². The molecule has 34 heavy (non-hydrogen) atoms. The molecule has 2 heterocycles. The van der Waals surface area contributed by atoms with Crippen LogP contribution in [-0.2, 0) is 35.4 Å². The van der Waals surface area contributed by atoms with E-state index >= 15 is 0 Å². The Hall–Kier alpha value is -3.65. The van der Waals surface area contributed by atoms with Crippen LogP contribution in [0.4, 0.5) is 11.4 Å². The number of carbonyl (C=O) groups is 1. The van der Waals surface area contributed by atoms with E-state index in [1.165, 1.54) is 24.3 Å². The van der Waals surface area contributed by atoms with Crippen LogP contribution in [0.5, 0.6) is 11.5 Å². The summed E-state index contributed by atoms with van der Waals surface area (Å²) in [7, 11) is -10.1. The van der Waals surface area contributed by atoms with E-state index < -0.39 is 64.5 Å². The number of benzene rings is 2. The molecule has 0 amide bonds. The van der Waals surface area contributed by atoms with E-state index in [1.807, 2.05) is 0 Å². The molecule has 0 unspecified atom stereocenters. The minimum absolute atomic E-state index is 0.0479. The number of carbonyl (C=O) groups excluding carboxylic acids is 1. The Morgan fingerprint density at radius 3 is 1.79 bits per heavy atom. The van der Waals surface area contributed by atoms with Crippen molar-refractivity contribution in [2.45, 2.75) is 22.3 Å². The summed E-state index contributed by atoms with van der Waals surface area (Å²) >= 11 is 0. The zero-order valence-corrected chi connectivity index (χ0v) is 19.1. The molecule has 0 radical (unpaired) electrons. The number of esters is 1. The lowest BCUT2D eigenvalue weighted by molar-refractivity contribution is -0.144. The highest BCUT2D eigenvalue weighted by Gasteiger charge is 2.56. The molecule has 4 rings (SSSR count). The number of rotatable bonds is 4. The zero-order valence-electron chi connectivity index (χ0n) is 17.5. The molecule has 2 aromatic rings. The largest absolute Gasteiger partial charge is 0.453 e. The molecule has 0 bridgehead atoms. The first-order valence-electron chi connectivity index (χ1n) is 9.51. The van der Waals surface area contributed by atoms with Gasteiger partial charge in [0.1, 0.15) is 0 Å². The Bertz CT molecular complexity index is 1480. The van der Waals surface area contributed by atoms with Gasteiger partial charge in [0.15, 0.2) is 26.9 Å². The van der Waals surface area contributed by atoms with Crippen LogP contribution in [-0.4, -0.2) is 31.9 Å². The van der Waals surface area contributed by atoms with Gasteiger partial charge in [0.05, 0.1) is 16.9 Å². The third kappa shape index (κ3) is 3.13. The Morgan fingerprint density at radius 1 is 0.941 bits per heavy atom. The number of hydrogen-bond acceptors (Lipinski definition) is 9. The smallest absolute Gasteiger partial charge is 0.340 e.